The van der Waals surface area contributed by atoms with Gasteiger partial charge in [0.1, 0.15) is 0 Å². The lowest BCUT2D eigenvalue weighted by molar-refractivity contribution is 0.0940. The van der Waals surface area contributed by atoms with Crippen LogP contribution in [0.2, 0.25) is 0 Å². The monoisotopic (exact) mass is 513 g/mol. The van der Waals surface area contributed by atoms with Crippen LogP contribution in [0.1, 0.15) is 44.8 Å². The molecular formula is C29H27N3O4S. The van der Waals surface area contributed by atoms with Gasteiger partial charge in [-0.1, -0.05) is 60.7 Å². The van der Waals surface area contributed by atoms with Crippen molar-refractivity contribution in [3.8, 4) is 0 Å². The molecule has 0 fully saturated rings. The lowest BCUT2D eigenvalue weighted by atomic mass is 10.1. The third-order valence-electron chi connectivity index (χ3n) is 5.85. The highest BCUT2D eigenvalue weighted by molar-refractivity contribution is 7.92. The highest BCUT2D eigenvalue weighted by Crippen LogP contribution is 2.23. The van der Waals surface area contributed by atoms with Crippen molar-refractivity contribution >= 4 is 33.2 Å². The van der Waals surface area contributed by atoms with Crippen LogP contribution in [0, 0.1) is 6.92 Å². The number of amides is 2. The molecule has 3 N–H and O–H groups in total. The van der Waals surface area contributed by atoms with Gasteiger partial charge in [0.05, 0.1) is 27.9 Å². The van der Waals surface area contributed by atoms with E-state index in [4.69, 9.17) is 0 Å². The average molecular weight is 514 g/mol. The normalized spacial score (nSPS) is 11.8. The number of hydrogen-bond donors (Lipinski definition) is 3. The fourth-order valence-corrected chi connectivity index (χ4v) is 4.96. The number of carbonyl (C=O) groups excluding carboxylic acids is 2. The summed E-state index contributed by atoms with van der Waals surface area (Å²) in [5.74, 6) is -0.731. The maximum Gasteiger partial charge on any atom is 0.261 e. The van der Waals surface area contributed by atoms with Gasteiger partial charge in [-0.3, -0.25) is 14.3 Å². The molecule has 4 aromatic carbocycles. The van der Waals surface area contributed by atoms with E-state index in [0.717, 1.165) is 5.56 Å². The molecule has 0 aliphatic heterocycles. The number of benzene rings is 4. The van der Waals surface area contributed by atoms with Gasteiger partial charge in [0.2, 0.25) is 0 Å². The molecule has 0 bridgehead atoms. The maximum absolute atomic E-state index is 13.0. The van der Waals surface area contributed by atoms with E-state index in [9.17, 15) is 18.0 Å². The molecular weight excluding hydrogens is 486 g/mol. The van der Waals surface area contributed by atoms with Gasteiger partial charge in [-0.2, -0.15) is 0 Å². The third kappa shape index (κ3) is 6.23. The van der Waals surface area contributed by atoms with E-state index in [0.29, 0.717) is 28.1 Å². The number of carbonyl (C=O) groups is 2. The zero-order valence-electron chi connectivity index (χ0n) is 20.4. The topological polar surface area (TPSA) is 104 Å². The minimum Gasteiger partial charge on any atom is -0.345 e. The van der Waals surface area contributed by atoms with Gasteiger partial charge >= 0.3 is 0 Å². The van der Waals surface area contributed by atoms with Crippen molar-refractivity contribution in [3.63, 3.8) is 0 Å². The second-order valence-electron chi connectivity index (χ2n) is 8.55. The number of rotatable bonds is 8. The average Bonchev–Trinajstić information content (AvgIpc) is 2.91. The molecule has 0 saturated heterocycles. The summed E-state index contributed by atoms with van der Waals surface area (Å²) in [5, 5.41) is 5.77. The van der Waals surface area contributed by atoms with Crippen molar-refractivity contribution in [2.75, 3.05) is 10.0 Å². The Morgan fingerprint density at radius 1 is 0.730 bits per heavy atom. The SMILES string of the molecule is Cc1cc(C(=O)Nc2ccccc2C(=O)N[C@@H](C)c2ccccc2)ccc1NS(=O)(=O)c1ccccc1. The predicted octanol–water partition coefficient (Wildman–Crippen LogP) is 5.54. The molecule has 188 valence electrons. The molecule has 0 aromatic heterocycles. The lowest BCUT2D eigenvalue weighted by Gasteiger charge is -2.17. The number of nitrogens with one attached hydrogen (secondary N) is 3. The summed E-state index contributed by atoms with van der Waals surface area (Å²) in [5.41, 5.74) is 2.95. The Hall–Kier alpha value is -4.43. The molecule has 0 aliphatic carbocycles. The molecule has 37 heavy (non-hydrogen) atoms. The summed E-state index contributed by atoms with van der Waals surface area (Å²) in [6.45, 7) is 3.61. The van der Waals surface area contributed by atoms with E-state index >= 15 is 0 Å². The van der Waals surface area contributed by atoms with Crippen LogP contribution in [0.5, 0.6) is 0 Å². The molecule has 0 heterocycles. The first-order chi connectivity index (χ1) is 17.7. The van der Waals surface area contributed by atoms with Crippen LogP contribution in [0.3, 0.4) is 0 Å². The standard InChI is InChI=1S/C29H27N3O4S/c1-20-19-23(17-18-26(20)32-37(35,36)24-13-7-4-8-14-24)28(33)31-27-16-10-9-15-25(27)29(34)30-21(2)22-11-5-3-6-12-22/h3-19,21,32H,1-2H3,(H,30,34)(H,31,33)/t21-/m0/s1. The summed E-state index contributed by atoms with van der Waals surface area (Å²) in [4.78, 5) is 26.2. The van der Waals surface area contributed by atoms with E-state index in [-0.39, 0.29) is 16.8 Å². The molecule has 4 aromatic rings. The maximum atomic E-state index is 13.0. The van der Waals surface area contributed by atoms with Crippen molar-refractivity contribution in [2.24, 2.45) is 0 Å². The molecule has 0 aliphatic rings. The van der Waals surface area contributed by atoms with Crippen LogP contribution < -0.4 is 15.4 Å². The largest absolute Gasteiger partial charge is 0.345 e. The number of hydrogen-bond acceptors (Lipinski definition) is 4. The van der Waals surface area contributed by atoms with Crippen molar-refractivity contribution in [2.45, 2.75) is 24.8 Å². The Morgan fingerprint density at radius 3 is 2.03 bits per heavy atom. The van der Waals surface area contributed by atoms with Crippen molar-refractivity contribution in [3.05, 3.63) is 125 Å². The Bertz CT molecular complexity index is 1520. The predicted molar refractivity (Wildman–Crippen MR) is 145 cm³/mol. The van der Waals surface area contributed by atoms with Gasteiger partial charge in [0.25, 0.3) is 21.8 Å². The third-order valence-corrected chi connectivity index (χ3v) is 7.23. The van der Waals surface area contributed by atoms with Crippen LogP contribution in [0.25, 0.3) is 0 Å². The fourth-order valence-electron chi connectivity index (χ4n) is 3.81. The second-order valence-corrected chi connectivity index (χ2v) is 10.2. The van der Waals surface area contributed by atoms with Crippen LogP contribution in [-0.4, -0.2) is 20.2 Å². The minimum absolute atomic E-state index is 0.146. The first-order valence-corrected chi connectivity index (χ1v) is 13.2. The summed E-state index contributed by atoms with van der Waals surface area (Å²) in [6, 6.07) is 28.9. The van der Waals surface area contributed by atoms with E-state index in [1.807, 2.05) is 37.3 Å². The molecule has 0 saturated carbocycles. The van der Waals surface area contributed by atoms with Gasteiger partial charge in [-0.25, -0.2) is 8.42 Å². The molecule has 0 spiro atoms. The molecule has 0 radical (unpaired) electrons. The van der Waals surface area contributed by atoms with Gasteiger partial charge in [0, 0.05) is 5.56 Å². The minimum atomic E-state index is -3.76. The Kier molecular flexibility index (Phi) is 7.69. The van der Waals surface area contributed by atoms with Crippen LogP contribution in [-0.2, 0) is 10.0 Å². The van der Waals surface area contributed by atoms with Crippen LogP contribution in [0.4, 0.5) is 11.4 Å². The van der Waals surface area contributed by atoms with E-state index in [2.05, 4.69) is 15.4 Å². The number of aryl methyl sites for hydroxylation is 1. The van der Waals surface area contributed by atoms with Crippen molar-refractivity contribution in [1.82, 2.24) is 5.32 Å². The smallest absolute Gasteiger partial charge is 0.261 e. The van der Waals surface area contributed by atoms with Gasteiger partial charge < -0.3 is 10.6 Å². The fraction of sp³-hybridized carbons (Fsp3) is 0.103. The summed E-state index contributed by atoms with van der Waals surface area (Å²) >= 11 is 0. The zero-order chi connectivity index (χ0) is 26.4. The van der Waals surface area contributed by atoms with Gasteiger partial charge in [0.15, 0.2) is 0 Å². The first-order valence-electron chi connectivity index (χ1n) is 11.7. The van der Waals surface area contributed by atoms with Crippen molar-refractivity contribution < 1.29 is 18.0 Å². The molecule has 7 nitrogen and oxygen atoms in total. The molecule has 8 heteroatoms. The summed E-state index contributed by atoms with van der Waals surface area (Å²) < 4.78 is 27.9. The van der Waals surface area contributed by atoms with E-state index in [1.54, 1.807) is 61.5 Å². The highest BCUT2D eigenvalue weighted by Gasteiger charge is 2.18. The first kappa shape index (κ1) is 25.7. The Morgan fingerprint density at radius 2 is 1.35 bits per heavy atom. The zero-order valence-corrected chi connectivity index (χ0v) is 21.3. The Labute approximate surface area is 216 Å². The molecule has 2 amide bonds. The number of sulfonamides is 1. The van der Waals surface area contributed by atoms with E-state index < -0.39 is 15.9 Å². The van der Waals surface area contributed by atoms with Gasteiger partial charge in [-0.05, 0) is 67.4 Å². The van der Waals surface area contributed by atoms with E-state index in [1.165, 1.54) is 18.2 Å². The quantitative estimate of drug-likeness (QED) is 0.288. The molecule has 0 unspecified atom stereocenters. The summed E-state index contributed by atoms with van der Waals surface area (Å²) in [6.07, 6.45) is 0. The number of para-hydroxylation sites is 1. The summed E-state index contributed by atoms with van der Waals surface area (Å²) in [7, 11) is -3.76. The highest BCUT2D eigenvalue weighted by atomic mass is 32.2. The second kappa shape index (κ2) is 11.1. The van der Waals surface area contributed by atoms with Crippen LogP contribution >= 0.6 is 0 Å². The molecule has 1 atom stereocenters. The Balaban J connectivity index is 1.48. The lowest BCUT2D eigenvalue weighted by Crippen LogP contribution is -2.28. The molecule has 4 rings (SSSR count). The van der Waals surface area contributed by atoms with Gasteiger partial charge in [-0.15, -0.1) is 0 Å². The van der Waals surface area contributed by atoms with Crippen LogP contribution in [0.15, 0.2) is 108 Å². The van der Waals surface area contributed by atoms with Crippen molar-refractivity contribution in [1.29, 1.82) is 0 Å². The number of anilines is 2.